The fraction of sp³-hybridized carbons (Fsp3) is 0.320. The van der Waals surface area contributed by atoms with Crippen molar-refractivity contribution in [2.24, 2.45) is 5.90 Å². The van der Waals surface area contributed by atoms with E-state index in [2.05, 4.69) is 14.9 Å². The third kappa shape index (κ3) is 7.83. The highest BCUT2D eigenvalue weighted by Gasteiger charge is 2.26. The third-order valence-electron chi connectivity index (χ3n) is 5.56. The average Bonchev–Trinajstić information content (AvgIpc) is 3.39. The second kappa shape index (κ2) is 12.8. The summed E-state index contributed by atoms with van der Waals surface area (Å²) in [6.45, 7) is 4.07. The van der Waals surface area contributed by atoms with Crippen LogP contribution in [0.2, 0.25) is 0 Å². The zero-order valence-electron chi connectivity index (χ0n) is 20.7. The minimum absolute atomic E-state index is 0.0831. The summed E-state index contributed by atoms with van der Waals surface area (Å²) < 4.78 is 32.5. The number of nitrogens with zero attached hydrogens (tertiary/aromatic N) is 1. The molecule has 1 aromatic heterocycles. The van der Waals surface area contributed by atoms with E-state index in [1.165, 1.54) is 30.6 Å². The molecule has 0 aliphatic carbocycles. The predicted molar refractivity (Wildman–Crippen MR) is 139 cm³/mol. The largest absolute Gasteiger partial charge is 0.453 e. The predicted octanol–water partition coefficient (Wildman–Crippen LogP) is 3.21. The van der Waals surface area contributed by atoms with Crippen molar-refractivity contribution in [2.45, 2.75) is 49.6 Å². The van der Waals surface area contributed by atoms with Gasteiger partial charge in [0, 0.05) is 17.7 Å². The molecule has 4 N–H and O–H groups in total. The van der Waals surface area contributed by atoms with E-state index >= 15 is 0 Å². The van der Waals surface area contributed by atoms with Crippen molar-refractivity contribution in [1.29, 1.82) is 0 Å². The molecule has 0 radical (unpaired) electrons. The summed E-state index contributed by atoms with van der Waals surface area (Å²) in [6.07, 6.45) is -0.135. The molecular weight excluding hydrogens is 516 g/mol. The van der Waals surface area contributed by atoms with Crippen LogP contribution in [-0.4, -0.2) is 38.6 Å². The highest BCUT2D eigenvalue weighted by molar-refractivity contribution is 7.86. The van der Waals surface area contributed by atoms with Crippen LogP contribution in [0.5, 0.6) is 0 Å². The summed E-state index contributed by atoms with van der Waals surface area (Å²) in [7, 11) is -2.80. The molecule has 0 aliphatic heterocycles. The molecule has 2 aromatic carbocycles. The molecule has 0 saturated heterocycles. The van der Waals surface area contributed by atoms with Crippen LogP contribution in [0.3, 0.4) is 0 Å². The number of alkyl carbamates (subject to hydrolysis) is 1. The molecule has 37 heavy (non-hydrogen) atoms. The Morgan fingerprint density at radius 2 is 1.65 bits per heavy atom. The van der Waals surface area contributed by atoms with Gasteiger partial charge in [-0.25, -0.2) is 9.78 Å². The lowest BCUT2D eigenvalue weighted by Crippen LogP contribution is -2.49. The van der Waals surface area contributed by atoms with Gasteiger partial charge in [-0.15, -0.1) is 11.3 Å². The van der Waals surface area contributed by atoms with Gasteiger partial charge in [0.1, 0.15) is 6.04 Å². The molecule has 0 unspecified atom stereocenters. The van der Waals surface area contributed by atoms with Gasteiger partial charge in [-0.2, -0.15) is 18.6 Å². The van der Waals surface area contributed by atoms with E-state index < -0.39 is 34.2 Å². The second-order valence-corrected chi connectivity index (χ2v) is 11.1. The molecule has 2 atom stereocenters. The molecule has 0 aliphatic rings. The van der Waals surface area contributed by atoms with E-state index in [1.807, 2.05) is 49.6 Å². The van der Waals surface area contributed by atoms with E-state index in [0.29, 0.717) is 12.1 Å². The summed E-state index contributed by atoms with van der Waals surface area (Å²) in [5, 5.41) is 8.43. The van der Waals surface area contributed by atoms with Gasteiger partial charge in [0.2, 0.25) is 5.91 Å². The number of nitrogens with two attached hydrogens (primary N) is 1. The van der Waals surface area contributed by atoms with Crippen molar-refractivity contribution in [3.05, 3.63) is 81.8 Å². The van der Waals surface area contributed by atoms with Gasteiger partial charge in [-0.1, -0.05) is 56.3 Å². The van der Waals surface area contributed by atoms with Gasteiger partial charge in [-0.3, -0.25) is 4.79 Å². The number of amides is 2. The first-order valence-corrected chi connectivity index (χ1v) is 13.8. The number of carbonyl (C=O) groups is 2. The fourth-order valence-corrected chi connectivity index (χ4v) is 5.04. The molecular formula is C25H30N4O6S2. The number of thiazole rings is 1. The molecule has 10 nitrogen and oxygen atoms in total. The third-order valence-corrected chi connectivity index (χ3v) is 7.83. The minimum atomic E-state index is -4.03. The average molecular weight is 547 g/mol. The van der Waals surface area contributed by atoms with E-state index in [9.17, 15) is 18.0 Å². The van der Waals surface area contributed by atoms with Gasteiger partial charge >= 0.3 is 16.2 Å². The van der Waals surface area contributed by atoms with Crippen molar-refractivity contribution < 1.29 is 27.0 Å². The Labute approximate surface area is 220 Å². The number of benzene rings is 2. The lowest BCUT2D eigenvalue weighted by atomic mass is 10.0. The normalized spacial score (nSPS) is 13.1. The SMILES string of the molecule is COC(=O)N[C@@H](Cc1ccccc1)C(=O)N[C@@H](Cc1ccc(S(=O)(=O)ON)cc1)c1csc(C(C)C)n1. The molecule has 0 spiro atoms. The Balaban J connectivity index is 1.87. The summed E-state index contributed by atoms with van der Waals surface area (Å²) in [5.41, 5.74) is 2.28. The van der Waals surface area contributed by atoms with Crippen LogP contribution >= 0.6 is 11.3 Å². The summed E-state index contributed by atoms with van der Waals surface area (Å²) in [6, 6.07) is 13.9. The van der Waals surface area contributed by atoms with Crippen LogP contribution in [0.25, 0.3) is 0 Å². The highest BCUT2D eigenvalue weighted by Crippen LogP contribution is 2.26. The van der Waals surface area contributed by atoms with E-state index in [1.54, 1.807) is 12.1 Å². The van der Waals surface area contributed by atoms with Crippen molar-refractivity contribution in [3.8, 4) is 0 Å². The van der Waals surface area contributed by atoms with Crippen molar-refractivity contribution in [1.82, 2.24) is 15.6 Å². The molecule has 0 saturated carbocycles. The maximum absolute atomic E-state index is 13.4. The van der Waals surface area contributed by atoms with Crippen molar-refractivity contribution in [3.63, 3.8) is 0 Å². The quantitative estimate of drug-likeness (QED) is 0.310. The van der Waals surface area contributed by atoms with E-state index in [4.69, 9.17) is 15.6 Å². The summed E-state index contributed by atoms with van der Waals surface area (Å²) in [4.78, 5) is 30.0. The number of ether oxygens (including phenoxy) is 1. The maximum atomic E-state index is 13.4. The minimum Gasteiger partial charge on any atom is -0.453 e. The number of nitrogens with one attached hydrogen (secondary N) is 2. The van der Waals surface area contributed by atoms with Crippen LogP contribution in [0.4, 0.5) is 4.79 Å². The van der Waals surface area contributed by atoms with Crippen LogP contribution < -0.4 is 16.5 Å². The Hall–Kier alpha value is -3.32. The Morgan fingerprint density at radius 1 is 1.00 bits per heavy atom. The lowest BCUT2D eigenvalue weighted by molar-refractivity contribution is -0.123. The zero-order valence-corrected chi connectivity index (χ0v) is 22.3. The smallest absolute Gasteiger partial charge is 0.407 e. The number of hydrogen-bond acceptors (Lipinski definition) is 9. The monoisotopic (exact) mass is 546 g/mol. The van der Waals surface area contributed by atoms with E-state index in [0.717, 1.165) is 16.1 Å². The molecule has 3 rings (SSSR count). The zero-order chi connectivity index (χ0) is 27.0. The molecule has 3 aromatic rings. The van der Waals surface area contributed by atoms with Crippen molar-refractivity contribution in [2.75, 3.05) is 7.11 Å². The first kappa shape index (κ1) is 28.3. The number of carbonyl (C=O) groups excluding carboxylic acids is 2. The molecule has 1 heterocycles. The van der Waals surface area contributed by atoms with Crippen LogP contribution in [0.15, 0.2) is 64.9 Å². The van der Waals surface area contributed by atoms with Crippen LogP contribution in [-0.2, 0) is 36.8 Å². The number of methoxy groups -OCH3 is 1. The van der Waals surface area contributed by atoms with Crippen molar-refractivity contribution >= 4 is 33.5 Å². The lowest BCUT2D eigenvalue weighted by Gasteiger charge is -2.23. The number of aromatic nitrogens is 1. The molecule has 12 heteroatoms. The first-order chi connectivity index (χ1) is 17.6. The van der Waals surface area contributed by atoms with Gasteiger partial charge in [0.15, 0.2) is 0 Å². The van der Waals surface area contributed by atoms with E-state index in [-0.39, 0.29) is 17.2 Å². The van der Waals surface area contributed by atoms with Gasteiger partial charge in [0.05, 0.1) is 28.7 Å². The Kier molecular flexibility index (Phi) is 9.75. The number of rotatable bonds is 11. The van der Waals surface area contributed by atoms with Gasteiger partial charge < -0.3 is 15.4 Å². The van der Waals surface area contributed by atoms with Crippen LogP contribution in [0, 0.1) is 0 Å². The molecule has 198 valence electrons. The fourth-order valence-electron chi connectivity index (χ4n) is 3.57. The molecule has 0 bridgehead atoms. The standard InChI is InChI=1S/C25H30N4O6S2/c1-16(2)24-28-22(15-36-24)20(13-18-9-11-19(12-10-18)37(32,33)35-26)27-23(30)21(29-25(31)34-3)14-17-7-5-4-6-8-17/h4-12,15-16,20-21H,13-14,26H2,1-3H3,(H,27,30)(H,29,31)/t20-,21-/m0/s1. The van der Waals surface area contributed by atoms with Gasteiger partial charge in [-0.05, 0) is 29.7 Å². The number of hydrogen-bond donors (Lipinski definition) is 3. The Morgan fingerprint density at radius 3 is 2.22 bits per heavy atom. The van der Waals surface area contributed by atoms with Gasteiger partial charge in [0.25, 0.3) is 0 Å². The van der Waals surface area contributed by atoms with Crippen LogP contribution in [0.1, 0.15) is 47.6 Å². The summed E-state index contributed by atoms with van der Waals surface area (Å²) >= 11 is 1.50. The second-order valence-electron chi connectivity index (χ2n) is 8.60. The topological polar surface area (TPSA) is 150 Å². The maximum Gasteiger partial charge on any atom is 0.407 e. The first-order valence-electron chi connectivity index (χ1n) is 11.5. The summed E-state index contributed by atoms with van der Waals surface area (Å²) in [5.74, 6) is 4.66. The Bertz CT molecular complexity index is 1290. The molecule has 0 fully saturated rings. The molecule has 2 amide bonds. The highest BCUT2D eigenvalue weighted by atomic mass is 32.2.